The van der Waals surface area contributed by atoms with Gasteiger partial charge in [-0.3, -0.25) is 4.79 Å². The third kappa shape index (κ3) is 3.69. The van der Waals surface area contributed by atoms with Crippen LogP contribution in [0, 0.1) is 0 Å². The monoisotopic (exact) mass is 284 g/mol. The van der Waals surface area contributed by atoms with E-state index in [2.05, 4.69) is 0 Å². The van der Waals surface area contributed by atoms with Crippen LogP contribution in [0.5, 0.6) is 5.75 Å². The molecule has 0 aliphatic carbocycles. The molecule has 4 nitrogen and oxygen atoms in total. The van der Waals surface area contributed by atoms with E-state index in [1.165, 1.54) is 6.07 Å². The SMILES string of the molecule is COc1ccc(CCC(=O)c2ccccc2C(=O)O)cc1. The molecule has 4 heteroatoms. The van der Waals surface area contributed by atoms with Crippen molar-refractivity contribution in [2.75, 3.05) is 7.11 Å². The summed E-state index contributed by atoms with van der Waals surface area (Å²) in [6.07, 6.45) is 0.841. The summed E-state index contributed by atoms with van der Waals surface area (Å²) < 4.78 is 5.07. The number of methoxy groups -OCH3 is 1. The molecule has 0 aliphatic rings. The van der Waals surface area contributed by atoms with E-state index in [0.717, 1.165) is 11.3 Å². The fourth-order valence-corrected chi connectivity index (χ4v) is 2.10. The van der Waals surface area contributed by atoms with Crippen LogP contribution in [-0.2, 0) is 6.42 Å². The number of aromatic carboxylic acids is 1. The summed E-state index contributed by atoms with van der Waals surface area (Å²) in [5, 5.41) is 9.09. The lowest BCUT2D eigenvalue weighted by molar-refractivity contribution is 0.0691. The molecule has 0 aliphatic heterocycles. The first-order valence-corrected chi connectivity index (χ1v) is 6.60. The number of carboxylic acid groups (broad SMARTS) is 1. The molecule has 0 saturated heterocycles. The van der Waals surface area contributed by atoms with Crippen LogP contribution in [0.4, 0.5) is 0 Å². The second-order valence-electron chi connectivity index (χ2n) is 4.62. The lowest BCUT2D eigenvalue weighted by Crippen LogP contribution is -2.09. The van der Waals surface area contributed by atoms with Gasteiger partial charge in [-0.15, -0.1) is 0 Å². The molecule has 0 unspecified atom stereocenters. The van der Waals surface area contributed by atoms with Gasteiger partial charge < -0.3 is 9.84 Å². The van der Waals surface area contributed by atoms with Crippen molar-refractivity contribution in [3.8, 4) is 5.75 Å². The molecular weight excluding hydrogens is 268 g/mol. The van der Waals surface area contributed by atoms with Crippen molar-refractivity contribution >= 4 is 11.8 Å². The molecule has 0 amide bonds. The zero-order chi connectivity index (χ0) is 15.2. The number of aryl methyl sites for hydroxylation is 1. The Kier molecular flexibility index (Phi) is 4.72. The van der Waals surface area contributed by atoms with Gasteiger partial charge in [0.05, 0.1) is 12.7 Å². The van der Waals surface area contributed by atoms with Gasteiger partial charge in [0, 0.05) is 12.0 Å². The smallest absolute Gasteiger partial charge is 0.336 e. The quantitative estimate of drug-likeness (QED) is 0.827. The van der Waals surface area contributed by atoms with Crippen LogP contribution in [-0.4, -0.2) is 24.0 Å². The molecule has 0 bridgehead atoms. The number of carbonyl (C=O) groups is 2. The lowest BCUT2D eigenvalue weighted by atomic mass is 9.98. The highest BCUT2D eigenvalue weighted by Crippen LogP contribution is 2.16. The molecule has 21 heavy (non-hydrogen) atoms. The van der Waals surface area contributed by atoms with E-state index in [0.29, 0.717) is 6.42 Å². The second-order valence-corrected chi connectivity index (χ2v) is 4.62. The van der Waals surface area contributed by atoms with Crippen molar-refractivity contribution < 1.29 is 19.4 Å². The maximum Gasteiger partial charge on any atom is 0.336 e. The average molecular weight is 284 g/mol. The molecule has 0 radical (unpaired) electrons. The van der Waals surface area contributed by atoms with Crippen molar-refractivity contribution in [2.24, 2.45) is 0 Å². The van der Waals surface area contributed by atoms with Gasteiger partial charge in [-0.05, 0) is 30.2 Å². The van der Waals surface area contributed by atoms with Gasteiger partial charge in [-0.1, -0.05) is 30.3 Å². The van der Waals surface area contributed by atoms with Crippen molar-refractivity contribution in [1.82, 2.24) is 0 Å². The number of carbonyl (C=O) groups excluding carboxylic acids is 1. The minimum Gasteiger partial charge on any atom is -0.497 e. The molecule has 2 aromatic rings. The molecule has 0 fully saturated rings. The van der Waals surface area contributed by atoms with E-state index in [9.17, 15) is 9.59 Å². The highest BCUT2D eigenvalue weighted by Gasteiger charge is 2.15. The van der Waals surface area contributed by atoms with Crippen LogP contribution in [0.2, 0.25) is 0 Å². The fourth-order valence-electron chi connectivity index (χ4n) is 2.10. The Hall–Kier alpha value is -2.62. The highest BCUT2D eigenvalue weighted by molar-refractivity contribution is 6.05. The molecule has 0 spiro atoms. The minimum absolute atomic E-state index is 0.0530. The summed E-state index contributed by atoms with van der Waals surface area (Å²) in [7, 11) is 1.60. The average Bonchev–Trinajstić information content (AvgIpc) is 2.53. The summed E-state index contributed by atoms with van der Waals surface area (Å²) >= 11 is 0. The number of Topliss-reactive ketones (excluding diaryl/α,β-unsaturated/α-hetero) is 1. The summed E-state index contributed by atoms with van der Waals surface area (Å²) in [5.74, 6) is -0.478. The Morgan fingerprint density at radius 2 is 1.62 bits per heavy atom. The van der Waals surface area contributed by atoms with E-state index >= 15 is 0 Å². The topological polar surface area (TPSA) is 63.6 Å². The number of rotatable bonds is 6. The summed E-state index contributed by atoms with van der Waals surface area (Å²) in [6.45, 7) is 0. The standard InChI is InChI=1S/C17H16O4/c1-21-13-9-6-12(7-10-13)8-11-16(18)14-4-2-3-5-15(14)17(19)20/h2-7,9-10H,8,11H2,1H3,(H,19,20). The van der Waals surface area contributed by atoms with Crippen molar-refractivity contribution in [1.29, 1.82) is 0 Å². The Balaban J connectivity index is 2.06. The Labute approximate surface area is 123 Å². The first kappa shape index (κ1) is 14.8. The summed E-state index contributed by atoms with van der Waals surface area (Å²) in [6, 6.07) is 13.8. The van der Waals surface area contributed by atoms with Gasteiger partial charge in [0.25, 0.3) is 0 Å². The van der Waals surface area contributed by atoms with Crippen molar-refractivity contribution in [3.63, 3.8) is 0 Å². The Morgan fingerprint density at radius 3 is 2.19 bits per heavy atom. The number of ether oxygens (including phenoxy) is 1. The lowest BCUT2D eigenvalue weighted by Gasteiger charge is -2.06. The molecule has 2 rings (SSSR count). The zero-order valence-electron chi connectivity index (χ0n) is 11.7. The maximum absolute atomic E-state index is 12.2. The van der Waals surface area contributed by atoms with E-state index in [-0.39, 0.29) is 23.3 Å². The van der Waals surface area contributed by atoms with Gasteiger partial charge >= 0.3 is 5.97 Å². The third-order valence-corrected chi connectivity index (χ3v) is 3.26. The number of hydrogen-bond acceptors (Lipinski definition) is 3. The molecule has 0 saturated carbocycles. The van der Waals surface area contributed by atoms with E-state index in [1.807, 2.05) is 24.3 Å². The number of benzene rings is 2. The summed E-state index contributed by atoms with van der Waals surface area (Å²) in [5.41, 5.74) is 1.33. The molecule has 0 aromatic heterocycles. The predicted molar refractivity (Wildman–Crippen MR) is 79.0 cm³/mol. The summed E-state index contributed by atoms with van der Waals surface area (Å²) in [4.78, 5) is 23.3. The second kappa shape index (κ2) is 6.70. The minimum atomic E-state index is -1.08. The number of carboxylic acids is 1. The maximum atomic E-state index is 12.2. The van der Waals surface area contributed by atoms with Gasteiger partial charge in [0.1, 0.15) is 5.75 Å². The van der Waals surface area contributed by atoms with E-state index in [1.54, 1.807) is 25.3 Å². The molecule has 0 heterocycles. The highest BCUT2D eigenvalue weighted by atomic mass is 16.5. The number of ketones is 1. The van der Waals surface area contributed by atoms with E-state index in [4.69, 9.17) is 9.84 Å². The van der Waals surface area contributed by atoms with Gasteiger partial charge in [0.15, 0.2) is 5.78 Å². The van der Waals surface area contributed by atoms with Gasteiger partial charge in [0.2, 0.25) is 0 Å². The largest absolute Gasteiger partial charge is 0.497 e. The van der Waals surface area contributed by atoms with Crippen molar-refractivity contribution in [3.05, 3.63) is 65.2 Å². The van der Waals surface area contributed by atoms with Crippen molar-refractivity contribution in [2.45, 2.75) is 12.8 Å². The fraction of sp³-hybridized carbons (Fsp3) is 0.176. The number of hydrogen-bond donors (Lipinski definition) is 1. The van der Waals surface area contributed by atoms with Crippen LogP contribution in [0.25, 0.3) is 0 Å². The zero-order valence-corrected chi connectivity index (χ0v) is 11.7. The first-order chi connectivity index (χ1) is 10.1. The molecule has 0 atom stereocenters. The Bertz CT molecular complexity index is 644. The van der Waals surface area contributed by atoms with Crippen LogP contribution in [0.1, 0.15) is 32.7 Å². The van der Waals surface area contributed by atoms with Gasteiger partial charge in [-0.2, -0.15) is 0 Å². The van der Waals surface area contributed by atoms with Crippen LogP contribution in [0.15, 0.2) is 48.5 Å². The molecule has 1 N–H and O–H groups in total. The van der Waals surface area contributed by atoms with Gasteiger partial charge in [-0.25, -0.2) is 4.79 Å². The third-order valence-electron chi connectivity index (χ3n) is 3.26. The molecule has 2 aromatic carbocycles. The first-order valence-electron chi connectivity index (χ1n) is 6.60. The van der Waals surface area contributed by atoms with Crippen LogP contribution < -0.4 is 4.74 Å². The van der Waals surface area contributed by atoms with Crippen LogP contribution >= 0.6 is 0 Å². The predicted octanol–water partition coefficient (Wildman–Crippen LogP) is 3.21. The van der Waals surface area contributed by atoms with E-state index < -0.39 is 5.97 Å². The normalized spacial score (nSPS) is 10.1. The molecular formula is C17H16O4. The molecule has 108 valence electrons. The Morgan fingerprint density at radius 1 is 1.00 bits per heavy atom. The van der Waals surface area contributed by atoms with Crippen LogP contribution in [0.3, 0.4) is 0 Å².